The standard InChI is InChI=1S/C19H28N4O2S/c24-15-7-6-8-21(13-15)14-16-17(20-19-23(16)11-12-26-19)18(25)22-9-4-2-1-3-5-10-22/h11-12,15,24H,1-10,13-14H2/t15-/m0/s1. The topological polar surface area (TPSA) is 61.1 Å². The molecule has 7 heteroatoms. The molecule has 2 aromatic heterocycles. The summed E-state index contributed by atoms with van der Waals surface area (Å²) in [5.74, 6) is 0.0790. The van der Waals surface area contributed by atoms with Crippen LogP contribution in [0.5, 0.6) is 0 Å². The van der Waals surface area contributed by atoms with Crippen molar-refractivity contribution in [1.82, 2.24) is 19.2 Å². The summed E-state index contributed by atoms with van der Waals surface area (Å²) in [5.41, 5.74) is 1.58. The van der Waals surface area contributed by atoms with Gasteiger partial charge in [-0.15, -0.1) is 11.3 Å². The smallest absolute Gasteiger partial charge is 0.274 e. The summed E-state index contributed by atoms with van der Waals surface area (Å²) in [6.45, 7) is 3.99. The van der Waals surface area contributed by atoms with Gasteiger partial charge in [-0.2, -0.15) is 0 Å². The average molecular weight is 377 g/mol. The number of nitrogens with zero attached hydrogens (tertiary/aromatic N) is 4. The number of aromatic nitrogens is 2. The van der Waals surface area contributed by atoms with Gasteiger partial charge < -0.3 is 10.0 Å². The number of likely N-dealkylation sites (tertiary alicyclic amines) is 2. The molecule has 0 bridgehead atoms. The van der Waals surface area contributed by atoms with Crippen LogP contribution in [-0.2, 0) is 6.54 Å². The summed E-state index contributed by atoms with van der Waals surface area (Å²) in [4.78, 5) is 23.1. The summed E-state index contributed by atoms with van der Waals surface area (Å²) in [5, 5.41) is 12.0. The van der Waals surface area contributed by atoms with Crippen molar-refractivity contribution in [2.24, 2.45) is 0 Å². The third kappa shape index (κ3) is 3.80. The number of β-amino-alcohol motifs (C(OH)–C–C–N with tert-alkyl or cyclic N) is 1. The molecule has 2 aliphatic heterocycles. The van der Waals surface area contributed by atoms with E-state index < -0.39 is 0 Å². The van der Waals surface area contributed by atoms with Crippen LogP contribution in [0.25, 0.3) is 4.96 Å². The van der Waals surface area contributed by atoms with Crippen LogP contribution in [0.2, 0.25) is 0 Å². The Morgan fingerprint density at radius 3 is 2.69 bits per heavy atom. The predicted molar refractivity (Wildman–Crippen MR) is 103 cm³/mol. The Morgan fingerprint density at radius 1 is 1.15 bits per heavy atom. The molecule has 2 aliphatic rings. The summed E-state index contributed by atoms with van der Waals surface area (Å²) in [7, 11) is 0. The number of hydrogen-bond acceptors (Lipinski definition) is 5. The maximum atomic E-state index is 13.2. The van der Waals surface area contributed by atoms with E-state index in [0.29, 0.717) is 18.8 Å². The summed E-state index contributed by atoms with van der Waals surface area (Å²) in [6, 6.07) is 0. The van der Waals surface area contributed by atoms with Gasteiger partial charge in [-0.1, -0.05) is 19.3 Å². The van der Waals surface area contributed by atoms with Crippen LogP contribution in [0, 0.1) is 0 Å². The fourth-order valence-electron chi connectivity index (χ4n) is 4.14. The SMILES string of the molecule is O=C(c1nc2sccn2c1CN1CCC[C@H](O)C1)N1CCCCCCC1. The van der Waals surface area contributed by atoms with Crippen LogP contribution in [0.4, 0.5) is 0 Å². The fourth-order valence-corrected chi connectivity index (χ4v) is 4.87. The highest BCUT2D eigenvalue weighted by Crippen LogP contribution is 2.23. The number of piperidine rings is 1. The molecule has 142 valence electrons. The zero-order valence-electron chi connectivity index (χ0n) is 15.3. The number of aliphatic hydroxyl groups excluding tert-OH is 1. The lowest BCUT2D eigenvalue weighted by Crippen LogP contribution is -2.39. The van der Waals surface area contributed by atoms with E-state index in [0.717, 1.165) is 56.0 Å². The number of imidazole rings is 1. The van der Waals surface area contributed by atoms with Crippen molar-refractivity contribution >= 4 is 22.2 Å². The van der Waals surface area contributed by atoms with Gasteiger partial charge in [0.25, 0.3) is 5.91 Å². The molecule has 0 aliphatic carbocycles. The van der Waals surface area contributed by atoms with Crippen LogP contribution < -0.4 is 0 Å². The molecule has 0 spiro atoms. The highest BCUT2D eigenvalue weighted by molar-refractivity contribution is 7.15. The van der Waals surface area contributed by atoms with E-state index in [2.05, 4.69) is 14.3 Å². The Bertz CT molecular complexity index is 748. The minimum atomic E-state index is -0.261. The zero-order valence-corrected chi connectivity index (χ0v) is 16.1. The predicted octanol–water partition coefficient (Wildman–Crippen LogP) is 2.76. The summed E-state index contributed by atoms with van der Waals surface area (Å²) < 4.78 is 2.06. The van der Waals surface area contributed by atoms with Crippen LogP contribution >= 0.6 is 11.3 Å². The van der Waals surface area contributed by atoms with Gasteiger partial charge in [-0.05, 0) is 32.2 Å². The molecule has 0 radical (unpaired) electrons. The Balaban J connectivity index is 1.59. The van der Waals surface area contributed by atoms with Crippen molar-refractivity contribution in [3.63, 3.8) is 0 Å². The Morgan fingerprint density at radius 2 is 1.92 bits per heavy atom. The first-order valence-corrected chi connectivity index (χ1v) is 10.7. The van der Waals surface area contributed by atoms with Crippen LogP contribution in [0.3, 0.4) is 0 Å². The first kappa shape index (κ1) is 17.9. The first-order valence-electron chi connectivity index (χ1n) is 9.86. The van der Waals surface area contributed by atoms with Crippen LogP contribution in [0.1, 0.15) is 61.1 Å². The van der Waals surface area contributed by atoms with Gasteiger partial charge in [0.05, 0.1) is 11.8 Å². The molecule has 4 rings (SSSR count). The molecule has 2 fully saturated rings. The lowest BCUT2D eigenvalue weighted by molar-refractivity contribution is 0.0649. The Hall–Kier alpha value is -1.44. The highest BCUT2D eigenvalue weighted by atomic mass is 32.1. The number of fused-ring (bicyclic) bond motifs is 1. The monoisotopic (exact) mass is 376 g/mol. The van der Waals surface area contributed by atoms with E-state index in [1.54, 1.807) is 11.3 Å². The third-order valence-electron chi connectivity index (χ3n) is 5.56. The molecule has 2 aromatic rings. The molecule has 2 saturated heterocycles. The molecule has 4 heterocycles. The molecule has 0 unspecified atom stereocenters. The number of hydrogen-bond donors (Lipinski definition) is 1. The van der Waals surface area contributed by atoms with Gasteiger partial charge in [0.1, 0.15) is 0 Å². The van der Waals surface area contributed by atoms with E-state index in [4.69, 9.17) is 0 Å². The number of carbonyl (C=O) groups is 1. The quantitative estimate of drug-likeness (QED) is 0.895. The van der Waals surface area contributed by atoms with E-state index in [9.17, 15) is 9.90 Å². The Labute approximate surface area is 158 Å². The van der Waals surface area contributed by atoms with Crippen molar-refractivity contribution in [2.45, 2.75) is 57.6 Å². The van der Waals surface area contributed by atoms with Crippen LogP contribution in [0.15, 0.2) is 11.6 Å². The molecule has 6 nitrogen and oxygen atoms in total. The molecule has 0 aromatic carbocycles. The number of thiazole rings is 1. The molecular formula is C19H28N4O2S. The van der Waals surface area contributed by atoms with Gasteiger partial charge >= 0.3 is 0 Å². The highest BCUT2D eigenvalue weighted by Gasteiger charge is 2.27. The summed E-state index contributed by atoms with van der Waals surface area (Å²) in [6.07, 6.45) is 9.49. The largest absolute Gasteiger partial charge is 0.392 e. The number of aliphatic hydroxyl groups is 1. The van der Waals surface area contributed by atoms with E-state index in [-0.39, 0.29) is 12.0 Å². The first-order chi connectivity index (χ1) is 12.7. The molecule has 1 N–H and O–H groups in total. The van der Waals surface area contributed by atoms with Crippen molar-refractivity contribution in [3.8, 4) is 0 Å². The lowest BCUT2D eigenvalue weighted by Gasteiger charge is -2.30. The van der Waals surface area contributed by atoms with Crippen LogP contribution in [-0.4, -0.2) is 62.5 Å². The maximum absolute atomic E-state index is 13.2. The van der Waals surface area contributed by atoms with Gasteiger partial charge in [0.2, 0.25) is 0 Å². The van der Waals surface area contributed by atoms with Gasteiger partial charge in [-0.25, -0.2) is 4.98 Å². The zero-order chi connectivity index (χ0) is 17.9. The van der Waals surface area contributed by atoms with Gasteiger partial charge in [0, 0.05) is 37.8 Å². The van der Waals surface area contributed by atoms with Gasteiger partial charge in [-0.3, -0.25) is 14.1 Å². The van der Waals surface area contributed by atoms with E-state index in [1.807, 2.05) is 16.5 Å². The molecule has 26 heavy (non-hydrogen) atoms. The minimum Gasteiger partial charge on any atom is -0.392 e. The molecule has 1 amide bonds. The molecule has 1 atom stereocenters. The lowest BCUT2D eigenvalue weighted by atomic mass is 10.1. The minimum absolute atomic E-state index is 0.0790. The fraction of sp³-hybridized carbons (Fsp3) is 0.684. The van der Waals surface area contributed by atoms with Crippen molar-refractivity contribution in [1.29, 1.82) is 0 Å². The number of carbonyl (C=O) groups excluding carboxylic acids is 1. The third-order valence-corrected chi connectivity index (χ3v) is 6.32. The van der Waals surface area contributed by atoms with Crippen molar-refractivity contribution in [3.05, 3.63) is 23.0 Å². The average Bonchev–Trinajstić information content (AvgIpc) is 3.17. The second-order valence-electron chi connectivity index (χ2n) is 7.55. The van der Waals surface area contributed by atoms with Crippen molar-refractivity contribution in [2.75, 3.05) is 26.2 Å². The normalized spacial score (nSPS) is 23.1. The van der Waals surface area contributed by atoms with Crippen molar-refractivity contribution < 1.29 is 9.90 Å². The Kier molecular flexibility index (Phi) is 5.57. The van der Waals surface area contributed by atoms with E-state index >= 15 is 0 Å². The summed E-state index contributed by atoms with van der Waals surface area (Å²) >= 11 is 1.57. The maximum Gasteiger partial charge on any atom is 0.274 e. The van der Waals surface area contributed by atoms with E-state index in [1.165, 1.54) is 19.3 Å². The van der Waals surface area contributed by atoms with Gasteiger partial charge in [0.15, 0.2) is 10.7 Å². The number of amides is 1. The number of rotatable bonds is 3. The molecule has 0 saturated carbocycles. The second kappa shape index (κ2) is 8.06. The molecular weight excluding hydrogens is 348 g/mol. The second-order valence-corrected chi connectivity index (χ2v) is 8.43.